The second kappa shape index (κ2) is 6.48. The maximum Gasteiger partial charge on any atom is 0.243 e. The minimum atomic E-state index is -1.15. The number of anilines is 2. The van der Waals surface area contributed by atoms with Crippen molar-refractivity contribution in [1.29, 1.82) is 0 Å². The zero-order valence-electron chi connectivity index (χ0n) is 16.1. The van der Waals surface area contributed by atoms with Gasteiger partial charge >= 0.3 is 0 Å². The van der Waals surface area contributed by atoms with Crippen molar-refractivity contribution in [3.05, 3.63) is 70.4 Å². The number of benzene rings is 2. The lowest BCUT2D eigenvalue weighted by molar-refractivity contribution is -0.126. The molecule has 2 amide bonds. The van der Waals surface area contributed by atoms with Gasteiger partial charge in [0, 0.05) is 17.0 Å². The number of nitrogens with one attached hydrogen (secondary N) is 1. The quantitative estimate of drug-likeness (QED) is 0.651. The Morgan fingerprint density at radius 1 is 1.20 bits per heavy atom. The molecule has 3 aromatic rings. The third kappa shape index (κ3) is 2.36. The van der Waals surface area contributed by atoms with E-state index in [4.69, 9.17) is 18.0 Å². The number of hydrogen-bond donors (Lipinski definition) is 1. The number of aryl methyl sites for hydroxylation is 1. The van der Waals surface area contributed by atoms with Crippen LogP contribution >= 0.6 is 11.6 Å². The van der Waals surface area contributed by atoms with E-state index in [9.17, 15) is 9.59 Å². The van der Waals surface area contributed by atoms with E-state index in [1.165, 1.54) is 0 Å². The molecule has 2 aliphatic rings. The zero-order chi connectivity index (χ0) is 21.0. The first kappa shape index (κ1) is 18.5. The highest BCUT2D eigenvalue weighted by Crippen LogP contribution is 2.53. The van der Waals surface area contributed by atoms with Gasteiger partial charge in [-0.15, -0.1) is 6.42 Å². The number of terminal acetylenes is 1. The van der Waals surface area contributed by atoms with Gasteiger partial charge in [0.2, 0.25) is 11.8 Å². The molecular formula is C23H17ClN4O2. The molecule has 0 aliphatic carbocycles. The fourth-order valence-electron chi connectivity index (χ4n) is 4.55. The molecular weight excluding hydrogens is 400 g/mol. The lowest BCUT2D eigenvalue weighted by Gasteiger charge is -2.32. The predicted molar refractivity (Wildman–Crippen MR) is 115 cm³/mol. The minimum absolute atomic E-state index is 0.00265. The number of carbonyl (C=O) groups is 2. The minimum Gasteiger partial charge on any atom is -0.310 e. The molecule has 0 saturated heterocycles. The third-order valence-corrected chi connectivity index (χ3v) is 6.06. The molecule has 1 aromatic heterocycles. The maximum absolute atomic E-state index is 13.8. The molecule has 0 unspecified atom stereocenters. The number of fused-ring (bicyclic) bond motifs is 4. The summed E-state index contributed by atoms with van der Waals surface area (Å²) >= 11 is 6.01. The van der Waals surface area contributed by atoms with Gasteiger partial charge in [0.15, 0.2) is 0 Å². The van der Waals surface area contributed by atoms with E-state index in [2.05, 4.69) is 16.3 Å². The largest absolute Gasteiger partial charge is 0.310 e. The summed E-state index contributed by atoms with van der Waals surface area (Å²) in [4.78, 5) is 28.2. The lowest BCUT2D eigenvalue weighted by atomic mass is 9.71. The highest BCUT2D eigenvalue weighted by Gasteiger charge is 2.57. The molecule has 1 spiro atoms. The summed E-state index contributed by atoms with van der Waals surface area (Å²) in [7, 11) is 0. The Morgan fingerprint density at radius 2 is 1.97 bits per heavy atom. The van der Waals surface area contributed by atoms with E-state index in [0.717, 1.165) is 22.5 Å². The molecule has 0 saturated carbocycles. The van der Waals surface area contributed by atoms with Gasteiger partial charge in [-0.2, -0.15) is 5.10 Å². The Bertz CT molecular complexity index is 1260. The van der Waals surface area contributed by atoms with E-state index >= 15 is 0 Å². The number of hydrogen-bond acceptors (Lipinski definition) is 3. The van der Waals surface area contributed by atoms with Crippen molar-refractivity contribution in [1.82, 2.24) is 9.78 Å². The first-order valence-corrected chi connectivity index (χ1v) is 9.85. The molecule has 148 valence electrons. The molecule has 0 bridgehead atoms. The molecule has 1 atom stereocenters. The second-order valence-electron chi connectivity index (χ2n) is 7.49. The van der Waals surface area contributed by atoms with E-state index in [1.54, 1.807) is 27.9 Å². The fourth-order valence-corrected chi connectivity index (χ4v) is 4.68. The van der Waals surface area contributed by atoms with Gasteiger partial charge < -0.3 is 5.32 Å². The Morgan fingerprint density at radius 3 is 2.70 bits per heavy atom. The van der Waals surface area contributed by atoms with Crippen LogP contribution in [0.1, 0.15) is 23.1 Å². The Kier molecular flexibility index (Phi) is 3.99. The molecule has 3 heterocycles. The zero-order valence-corrected chi connectivity index (χ0v) is 16.9. The van der Waals surface area contributed by atoms with Crippen LogP contribution in [-0.4, -0.2) is 28.1 Å². The summed E-state index contributed by atoms with van der Waals surface area (Å²) in [5.41, 5.74) is 2.74. The van der Waals surface area contributed by atoms with E-state index in [0.29, 0.717) is 16.4 Å². The summed E-state index contributed by atoms with van der Waals surface area (Å²) in [6, 6.07) is 12.9. The van der Waals surface area contributed by atoms with Crippen LogP contribution in [0.2, 0.25) is 5.02 Å². The van der Waals surface area contributed by atoms with Crippen LogP contribution in [0.5, 0.6) is 0 Å². The monoisotopic (exact) mass is 416 g/mol. The Hall–Kier alpha value is -3.56. The van der Waals surface area contributed by atoms with Crippen molar-refractivity contribution >= 4 is 34.9 Å². The van der Waals surface area contributed by atoms with Crippen LogP contribution in [0.25, 0.3) is 5.69 Å². The van der Waals surface area contributed by atoms with Gasteiger partial charge in [-0.1, -0.05) is 35.7 Å². The van der Waals surface area contributed by atoms with E-state index in [-0.39, 0.29) is 24.8 Å². The molecule has 5 rings (SSSR count). The SMILES string of the molecule is C#CCN1C(=O)[C@]2(CC(=O)Nc3c2cnn3-c2ccc(Cl)cc2)c2cccc(C)c21. The number of para-hydroxylation sites is 1. The lowest BCUT2D eigenvalue weighted by Crippen LogP contribution is -2.46. The van der Waals surface area contributed by atoms with Crippen molar-refractivity contribution < 1.29 is 9.59 Å². The van der Waals surface area contributed by atoms with Crippen LogP contribution in [0.3, 0.4) is 0 Å². The number of rotatable bonds is 2. The number of nitrogens with zero attached hydrogens (tertiary/aromatic N) is 3. The summed E-state index contributed by atoms with van der Waals surface area (Å²) in [5, 5.41) is 8.00. The van der Waals surface area contributed by atoms with Crippen LogP contribution in [-0.2, 0) is 15.0 Å². The normalized spacial score (nSPS) is 19.4. The van der Waals surface area contributed by atoms with E-state index < -0.39 is 5.41 Å². The average molecular weight is 417 g/mol. The molecule has 6 nitrogen and oxygen atoms in total. The molecule has 0 fully saturated rings. The summed E-state index contributed by atoms with van der Waals surface area (Å²) in [6.45, 7) is 2.08. The molecule has 0 radical (unpaired) electrons. The van der Waals surface area contributed by atoms with Crippen LogP contribution in [0.15, 0.2) is 48.7 Å². The number of amides is 2. The third-order valence-electron chi connectivity index (χ3n) is 5.81. The van der Waals surface area contributed by atoms with E-state index in [1.807, 2.05) is 37.3 Å². The van der Waals surface area contributed by atoms with Crippen LogP contribution < -0.4 is 10.2 Å². The van der Waals surface area contributed by atoms with Crippen LogP contribution in [0.4, 0.5) is 11.5 Å². The van der Waals surface area contributed by atoms with Crippen molar-refractivity contribution in [2.24, 2.45) is 0 Å². The summed E-state index contributed by atoms with van der Waals surface area (Å²) in [6.07, 6.45) is 7.22. The van der Waals surface area contributed by atoms with Crippen LogP contribution in [0, 0.1) is 19.3 Å². The molecule has 2 aliphatic heterocycles. The first-order chi connectivity index (χ1) is 14.5. The van der Waals surface area contributed by atoms with Crippen molar-refractivity contribution in [2.75, 3.05) is 16.8 Å². The topological polar surface area (TPSA) is 67.2 Å². The predicted octanol–water partition coefficient (Wildman–Crippen LogP) is 3.44. The Labute approximate surface area is 178 Å². The molecule has 30 heavy (non-hydrogen) atoms. The maximum atomic E-state index is 13.8. The van der Waals surface area contributed by atoms with Crippen molar-refractivity contribution in [3.8, 4) is 18.0 Å². The van der Waals surface area contributed by atoms with Gasteiger partial charge in [-0.05, 0) is 42.3 Å². The highest BCUT2D eigenvalue weighted by molar-refractivity contribution is 6.30. The summed E-state index contributed by atoms with van der Waals surface area (Å²) in [5.74, 6) is 2.61. The molecule has 7 heteroatoms. The molecule has 2 aromatic carbocycles. The number of halogens is 1. The number of carbonyl (C=O) groups excluding carboxylic acids is 2. The number of aromatic nitrogens is 2. The fraction of sp³-hybridized carbons (Fsp3) is 0.174. The average Bonchev–Trinajstić information content (AvgIpc) is 3.24. The van der Waals surface area contributed by atoms with Crippen molar-refractivity contribution in [3.63, 3.8) is 0 Å². The molecule has 1 N–H and O–H groups in total. The first-order valence-electron chi connectivity index (χ1n) is 9.47. The smallest absolute Gasteiger partial charge is 0.243 e. The second-order valence-corrected chi connectivity index (χ2v) is 7.93. The van der Waals surface area contributed by atoms with Crippen molar-refractivity contribution in [2.45, 2.75) is 18.8 Å². The standard InChI is InChI=1S/C23H17ClN4O2/c1-3-11-27-20-14(2)5-4-6-17(20)23(22(27)30)12-19(29)26-21-18(23)13-25-28(21)16-9-7-15(24)8-10-16/h1,4-10,13H,11-12H2,2H3,(H,26,29)/t23-/m1/s1. The van der Waals surface area contributed by atoms with Gasteiger partial charge in [0.25, 0.3) is 0 Å². The van der Waals surface area contributed by atoms with Gasteiger partial charge in [-0.3, -0.25) is 14.5 Å². The Balaban J connectivity index is 1.77. The van der Waals surface area contributed by atoms with Gasteiger partial charge in [0.1, 0.15) is 11.2 Å². The van der Waals surface area contributed by atoms with Gasteiger partial charge in [0.05, 0.1) is 24.1 Å². The highest BCUT2D eigenvalue weighted by atomic mass is 35.5. The summed E-state index contributed by atoms with van der Waals surface area (Å²) < 4.78 is 1.62. The van der Waals surface area contributed by atoms with Gasteiger partial charge in [-0.25, -0.2) is 4.68 Å².